The van der Waals surface area contributed by atoms with E-state index in [0.29, 0.717) is 0 Å². The highest BCUT2D eigenvalue weighted by atomic mass is 32.2. The summed E-state index contributed by atoms with van der Waals surface area (Å²) in [6, 6.07) is 0. The molecule has 0 saturated carbocycles. The van der Waals surface area contributed by atoms with Gasteiger partial charge >= 0.3 is 0 Å². The van der Waals surface area contributed by atoms with Gasteiger partial charge in [-0.3, -0.25) is 4.79 Å². The number of carbonyl (C=O) groups excluding carboxylic acids is 1. The topological polar surface area (TPSA) is 86.3 Å². The highest BCUT2D eigenvalue weighted by Gasteiger charge is 2.22. The summed E-state index contributed by atoms with van der Waals surface area (Å²) in [5.74, 6) is -0.975. The van der Waals surface area contributed by atoms with Gasteiger partial charge in [-0.1, -0.05) is 6.08 Å². The van der Waals surface area contributed by atoms with Crippen LogP contribution in [0.1, 0.15) is 20.3 Å². The average molecular weight is 220 g/mol. The molecule has 14 heavy (non-hydrogen) atoms. The molecule has 0 aromatic carbocycles. The molecule has 0 spiro atoms. The molecule has 6 heteroatoms. The van der Waals surface area contributed by atoms with E-state index in [0.717, 1.165) is 0 Å². The third-order valence-electron chi connectivity index (χ3n) is 1.35. The van der Waals surface area contributed by atoms with Gasteiger partial charge in [-0.05, 0) is 13.8 Å². The van der Waals surface area contributed by atoms with E-state index in [2.05, 4.69) is 11.9 Å². The molecule has 5 nitrogen and oxygen atoms in total. The Labute approximate surface area is 83.9 Å². The van der Waals surface area contributed by atoms with Crippen molar-refractivity contribution in [1.29, 1.82) is 0 Å². The summed E-state index contributed by atoms with van der Waals surface area (Å²) < 4.78 is 31.4. The van der Waals surface area contributed by atoms with Gasteiger partial charge in [-0.2, -0.15) is 0 Å². The summed E-state index contributed by atoms with van der Waals surface area (Å²) in [5, 5.41) is 2.42. The predicted octanol–water partition coefficient (Wildman–Crippen LogP) is 0.00250. The third-order valence-corrected chi connectivity index (χ3v) is 2.42. The lowest BCUT2D eigenvalue weighted by Crippen LogP contribution is -2.48. The maximum atomic E-state index is 11.1. The van der Waals surface area contributed by atoms with Crippen molar-refractivity contribution in [2.45, 2.75) is 25.8 Å². The zero-order valence-corrected chi connectivity index (χ0v) is 9.06. The van der Waals surface area contributed by atoms with E-state index in [1.165, 1.54) is 19.9 Å². The average Bonchev–Trinajstić information content (AvgIpc) is 1.78. The van der Waals surface area contributed by atoms with Crippen LogP contribution in [0.15, 0.2) is 12.7 Å². The minimum atomic E-state index is -4.33. The first-order chi connectivity index (χ1) is 6.16. The highest BCUT2D eigenvalue weighted by Crippen LogP contribution is 2.05. The van der Waals surface area contributed by atoms with Gasteiger partial charge in [-0.25, -0.2) is 8.42 Å². The Morgan fingerprint density at radius 1 is 1.57 bits per heavy atom. The number of rotatable bonds is 5. The lowest BCUT2D eigenvalue weighted by molar-refractivity contribution is -0.121. The maximum Gasteiger partial charge on any atom is 0.224 e. The molecule has 0 unspecified atom stereocenters. The van der Waals surface area contributed by atoms with Gasteiger partial charge in [0.1, 0.15) is 0 Å². The first kappa shape index (κ1) is 13.1. The SMILES string of the molecule is C=CCC(=O)NC(C)(C)CS(=O)(=O)[O-]. The fraction of sp³-hybridized carbons (Fsp3) is 0.625. The lowest BCUT2D eigenvalue weighted by atomic mass is 10.1. The van der Waals surface area contributed by atoms with Crippen molar-refractivity contribution < 1.29 is 17.8 Å². The minimum absolute atomic E-state index is 0.0995. The third kappa shape index (κ3) is 6.62. The number of nitrogens with one attached hydrogen (secondary N) is 1. The molecule has 0 aliphatic carbocycles. The maximum absolute atomic E-state index is 11.1. The molecule has 0 aliphatic heterocycles. The van der Waals surface area contributed by atoms with Crippen LogP contribution in [-0.2, 0) is 14.9 Å². The first-order valence-electron chi connectivity index (χ1n) is 4.02. The van der Waals surface area contributed by atoms with Gasteiger partial charge in [0, 0.05) is 12.0 Å². The van der Waals surface area contributed by atoms with Crippen LogP contribution in [-0.4, -0.2) is 30.2 Å². The standard InChI is InChI=1S/C8H15NO4S/c1-4-5-7(10)9-8(2,3)6-14(11,12)13/h4H,1,5-6H2,2-3H3,(H,9,10)(H,11,12,13)/p-1. The van der Waals surface area contributed by atoms with Gasteiger partial charge in [-0.15, -0.1) is 6.58 Å². The second-order valence-electron chi connectivity index (χ2n) is 3.63. The Hall–Kier alpha value is -0.880. The molecule has 0 aliphatic rings. The second-order valence-corrected chi connectivity index (χ2v) is 5.03. The Morgan fingerprint density at radius 2 is 2.07 bits per heavy atom. The molecule has 0 bridgehead atoms. The van der Waals surface area contributed by atoms with Crippen molar-refractivity contribution in [3.8, 4) is 0 Å². The van der Waals surface area contributed by atoms with Crippen molar-refractivity contribution in [2.24, 2.45) is 0 Å². The number of amides is 1. The van der Waals surface area contributed by atoms with Crippen molar-refractivity contribution in [1.82, 2.24) is 5.32 Å². The van der Waals surface area contributed by atoms with E-state index in [1.54, 1.807) is 0 Å². The Bertz CT molecular complexity index is 318. The number of carbonyl (C=O) groups is 1. The Balaban J connectivity index is 4.34. The molecule has 82 valence electrons. The van der Waals surface area contributed by atoms with E-state index in [9.17, 15) is 17.8 Å². The van der Waals surface area contributed by atoms with E-state index in [-0.39, 0.29) is 12.3 Å². The van der Waals surface area contributed by atoms with Gasteiger partial charge in [0.15, 0.2) is 0 Å². The number of hydrogen-bond acceptors (Lipinski definition) is 4. The highest BCUT2D eigenvalue weighted by molar-refractivity contribution is 7.85. The molecule has 0 saturated heterocycles. The molecular formula is C8H14NO4S-. The summed E-state index contributed by atoms with van der Waals surface area (Å²) in [4.78, 5) is 11.1. The molecule has 1 amide bonds. The van der Waals surface area contributed by atoms with Crippen molar-refractivity contribution >= 4 is 16.0 Å². The molecule has 0 aromatic rings. The van der Waals surface area contributed by atoms with Crippen LogP contribution >= 0.6 is 0 Å². The summed E-state index contributed by atoms with van der Waals surface area (Å²) >= 11 is 0. The summed E-state index contributed by atoms with van der Waals surface area (Å²) in [5.41, 5.74) is -1.04. The monoisotopic (exact) mass is 220 g/mol. The van der Waals surface area contributed by atoms with E-state index in [4.69, 9.17) is 0 Å². The van der Waals surface area contributed by atoms with Crippen LogP contribution in [0.4, 0.5) is 0 Å². The molecule has 1 N–H and O–H groups in total. The van der Waals surface area contributed by atoms with Crippen LogP contribution in [0.2, 0.25) is 0 Å². The molecule has 0 aromatic heterocycles. The van der Waals surface area contributed by atoms with Crippen molar-refractivity contribution in [3.05, 3.63) is 12.7 Å². The molecule has 0 rings (SSSR count). The molecule has 0 atom stereocenters. The molecule has 0 fully saturated rings. The molecule has 0 radical (unpaired) electrons. The minimum Gasteiger partial charge on any atom is -0.748 e. The van der Waals surface area contributed by atoms with Crippen molar-refractivity contribution in [2.75, 3.05) is 5.75 Å². The summed E-state index contributed by atoms with van der Waals surface area (Å²) in [6.45, 7) is 6.32. The zero-order valence-electron chi connectivity index (χ0n) is 8.24. The van der Waals surface area contributed by atoms with Crippen LogP contribution in [0, 0.1) is 0 Å². The summed E-state index contributed by atoms with van der Waals surface area (Å²) in [6.07, 6.45) is 1.50. The smallest absolute Gasteiger partial charge is 0.224 e. The Morgan fingerprint density at radius 3 is 2.43 bits per heavy atom. The van der Waals surface area contributed by atoms with Crippen LogP contribution in [0.3, 0.4) is 0 Å². The van der Waals surface area contributed by atoms with E-state index >= 15 is 0 Å². The predicted molar refractivity (Wildman–Crippen MR) is 51.6 cm³/mol. The largest absolute Gasteiger partial charge is 0.748 e. The van der Waals surface area contributed by atoms with Gasteiger partial charge in [0.05, 0.1) is 15.9 Å². The zero-order chi connectivity index (χ0) is 11.4. The fourth-order valence-corrected chi connectivity index (χ4v) is 1.99. The van der Waals surface area contributed by atoms with E-state index < -0.39 is 21.4 Å². The fourth-order valence-electron chi connectivity index (χ4n) is 1.04. The lowest BCUT2D eigenvalue weighted by Gasteiger charge is -2.27. The van der Waals surface area contributed by atoms with E-state index in [1.807, 2.05) is 0 Å². The van der Waals surface area contributed by atoms with Gasteiger partial charge in [0.25, 0.3) is 0 Å². The van der Waals surface area contributed by atoms with Crippen LogP contribution in [0.25, 0.3) is 0 Å². The molecular weight excluding hydrogens is 206 g/mol. The summed E-state index contributed by atoms with van der Waals surface area (Å²) in [7, 11) is -4.33. The second kappa shape index (κ2) is 4.56. The van der Waals surface area contributed by atoms with Gasteiger partial charge < -0.3 is 9.87 Å². The quantitative estimate of drug-likeness (QED) is 0.522. The van der Waals surface area contributed by atoms with Crippen LogP contribution in [0.5, 0.6) is 0 Å². The normalized spacial score (nSPS) is 12.2. The van der Waals surface area contributed by atoms with Gasteiger partial charge in [0.2, 0.25) is 5.91 Å². The van der Waals surface area contributed by atoms with Crippen LogP contribution < -0.4 is 5.32 Å². The number of hydrogen-bond donors (Lipinski definition) is 1. The molecule has 0 heterocycles. The first-order valence-corrected chi connectivity index (χ1v) is 5.59. The Kier molecular flexibility index (Phi) is 4.28. The van der Waals surface area contributed by atoms with Crippen molar-refractivity contribution in [3.63, 3.8) is 0 Å².